The number of methoxy groups -OCH3 is 1. The topological polar surface area (TPSA) is 123 Å². The summed E-state index contributed by atoms with van der Waals surface area (Å²) in [5, 5.41) is 19.3. The second-order valence-electron chi connectivity index (χ2n) is 6.07. The lowest BCUT2D eigenvalue weighted by Crippen LogP contribution is -2.46. The fourth-order valence-corrected chi connectivity index (χ4v) is 3.00. The first kappa shape index (κ1) is 18.9. The van der Waals surface area contributed by atoms with E-state index in [1.54, 1.807) is 37.3 Å². The Labute approximate surface area is 160 Å². The summed E-state index contributed by atoms with van der Waals surface area (Å²) < 4.78 is 5.09. The minimum atomic E-state index is -0.964. The Morgan fingerprint density at radius 1 is 1.18 bits per heavy atom. The lowest BCUT2D eigenvalue weighted by Gasteiger charge is -2.28. The number of para-hydroxylation sites is 1. The fourth-order valence-electron chi connectivity index (χ4n) is 3.00. The van der Waals surface area contributed by atoms with Crippen LogP contribution >= 0.6 is 0 Å². The molecule has 28 heavy (non-hydrogen) atoms. The number of urea groups is 1. The predicted octanol–water partition coefficient (Wildman–Crippen LogP) is 2.87. The predicted molar refractivity (Wildman–Crippen MR) is 102 cm³/mol. The van der Waals surface area contributed by atoms with Gasteiger partial charge in [-0.25, -0.2) is 4.79 Å². The van der Waals surface area contributed by atoms with Crippen LogP contribution < -0.4 is 20.7 Å². The maximum atomic E-state index is 12.9. The number of benzene rings is 2. The molecule has 0 radical (unpaired) electrons. The van der Waals surface area contributed by atoms with Crippen molar-refractivity contribution in [3.05, 3.63) is 75.5 Å². The van der Waals surface area contributed by atoms with Crippen molar-refractivity contribution < 1.29 is 19.2 Å². The van der Waals surface area contributed by atoms with Crippen molar-refractivity contribution in [1.82, 2.24) is 10.6 Å². The van der Waals surface area contributed by atoms with Crippen LogP contribution in [0.5, 0.6) is 5.75 Å². The number of hydrogen-bond acceptors (Lipinski definition) is 5. The molecule has 0 aromatic heterocycles. The first-order valence-electron chi connectivity index (χ1n) is 8.37. The molecule has 0 unspecified atom stereocenters. The minimum absolute atomic E-state index is 0.183. The summed E-state index contributed by atoms with van der Waals surface area (Å²) in [6, 6.07) is 11.2. The zero-order valence-corrected chi connectivity index (χ0v) is 15.2. The average molecular weight is 382 g/mol. The molecule has 0 spiro atoms. The summed E-state index contributed by atoms with van der Waals surface area (Å²) in [5.74, 6) is 0.149. The van der Waals surface area contributed by atoms with E-state index < -0.39 is 22.9 Å². The van der Waals surface area contributed by atoms with Gasteiger partial charge < -0.3 is 20.7 Å². The van der Waals surface area contributed by atoms with E-state index in [2.05, 4.69) is 16.0 Å². The van der Waals surface area contributed by atoms with Gasteiger partial charge in [-0.15, -0.1) is 0 Å². The zero-order valence-electron chi connectivity index (χ0n) is 15.2. The van der Waals surface area contributed by atoms with Gasteiger partial charge in [-0.1, -0.05) is 12.1 Å². The molecule has 3 rings (SSSR count). The first-order chi connectivity index (χ1) is 13.4. The number of amides is 3. The maximum Gasteiger partial charge on any atom is 0.319 e. The minimum Gasteiger partial charge on any atom is -0.497 e. The van der Waals surface area contributed by atoms with Crippen molar-refractivity contribution in [2.75, 3.05) is 12.4 Å². The zero-order chi connectivity index (χ0) is 20.3. The number of ether oxygens (including phenoxy) is 1. The number of allylic oxidation sites excluding steroid dienone is 1. The number of carbonyl (C=O) groups is 2. The standard InChI is InChI=1S/C19H18N4O5/c1-11-16(18(24)21-12-7-9-13(28-2)10-8-12)17(22-19(25)20-11)14-5-3-4-6-15(14)23(26)27/h3-10,17H,1-2H3,(H,21,24)(H2,20,22,25)/t17-/m0/s1. The van der Waals surface area contributed by atoms with Gasteiger partial charge in [-0.2, -0.15) is 0 Å². The highest BCUT2D eigenvalue weighted by Gasteiger charge is 2.34. The van der Waals surface area contributed by atoms with Gasteiger partial charge in [0.1, 0.15) is 5.75 Å². The molecule has 0 saturated carbocycles. The van der Waals surface area contributed by atoms with Crippen molar-refractivity contribution in [2.24, 2.45) is 0 Å². The van der Waals surface area contributed by atoms with Gasteiger partial charge in [0.05, 0.1) is 29.2 Å². The molecule has 144 valence electrons. The van der Waals surface area contributed by atoms with Crippen molar-refractivity contribution in [2.45, 2.75) is 13.0 Å². The van der Waals surface area contributed by atoms with Gasteiger partial charge in [-0.05, 0) is 37.3 Å². The molecule has 2 aromatic carbocycles. The number of carbonyl (C=O) groups excluding carboxylic acids is 2. The molecule has 0 fully saturated rings. The van der Waals surface area contributed by atoms with E-state index in [0.29, 0.717) is 17.1 Å². The van der Waals surface area contributed by atoms with Crippen LogP contribution in [0.4, 0.5) is 16.2 Å². The summed E-state index contributed by atoms with van der Waals surface area (Å²) in [7, 11) is 1.54. The number of hydrogen-bond donors (Lipinski definition) is 3. The molecular weight excluding hydrogens is 364 g/mol. The number of anilines is 1. The van der Waals surface area contributed by atoms with E-state index in [4.69, 9.17) is 4.74 Å². The molecule has 1 aliphatic heterocycles. The van der Waals surface area contributed by atoms with E-state index >= 15 is 0 Å². The summed E-state index contributed by atoms with van der Waals surface area (Å²) in [5.41, 5.74) is 1.06. The second kappa shape index (κ2) is 7.78. The van der Waals surface area contributed by atoms with Crippen molar-refractivity contribution in [3.8, 4) is 5.75 Å². The Hall–Kier alpha value is -3.88. The Balaban J connectivity index is 1.98. The van der Waals surface area contributed by atoms with Crippen molar-refractivity contribution in [1.29, 1.82) is 0 Å². The third-order valence-electron chi connectivity index (χ3n) is 4.31. The lowest BCUT2D eigenvalue weighted by atomic mass is 9.93. The molecule has 0 saturated heterocycles. The van der Waals surface area contributed by atoms with Gasteiger partial charge >= 0.3 is 6.03 Å². The lowest BCUT2D eigenvalue weighted by molar-refractivity contribution is -0.385. The maximum absolute atomic E-state index is 12.9. The fraction of sp³-hybridized carbons (Fsp3) is 0.158. The molecule has 3 amide bonds. The van der Waals surface area contributed by atoms with Crippen LogP contribution in [-0.4, -0.2) is 24.0 Å². The highest BCUT2D eigenvalue weighted by Crippen LogP contribution is 2.33. The first-order valence-corrected chi connectivity index (χ1v) is 8.37. The van der Waals surface area contributed by atoms with Crippen LogP contribution in [0, 0.1) is 10.1 Å². The van der Waals surface area contributed by atoms with Gasteiger partial charge in [0.15, 0.2) is 0 Å². The van der Waals surface area contributed by atoms with Gasteiger partial charge in [0, 0.05) is 17.5 Å². The van der Waals surface area contributed by atoms with E-state index in [1.165, 1.54) is 25.3 Å². The van der Waals surface area contributed by atoms with E-state index in [1.807, 2.05) is 0 Å². The van der Waals surface area contributed by atoms with Crippen LogP contribution in [0.2, 0.25) is 0 Å². The molecule has 1 heterocycles. The van der Waals surface area contributed by atoms with Crippen LogP contribution in [-0.2, 0) is 4.79 Å². The Morgan fingerprint density at radius 2 is 1.86 bits per heavy atom. The Kier molecular flexibility index (Phi) is 5.25. The third kappa shape index (κ3) is 3.78. The largest absolute Gasteiger partial charge is 0.497 e. The van der Waals surface area contributed by atoms with Crippen molar-refractivity contribution in [3.63, 3.8) is 0 Å². The molecule has 9 nitrogen and oxygen atoms in total. The van der Waals surface area contributed by atoms with Crippen LogP contribution in [0.3, 0.4) is 0 Å². The molecular formula is C19H18N4O5. The normalized spacial score (nSPS) is 16.1. The molecule has 1 aliphatic rings. The van der Waals surface area contributed by atoms with Crippen LogP contribution in [0.25, 0.3) is 0 Å². The van der Waals surface area contributed by atoms with Crippen LogP contribution in [0.15, 0.2) is 59.8 Å². The van der Waals surface area contributed by atoms with E-state index in [9.17, 15) is 19.7 Å². The second-order valence-corrected chi connectivity index (χ2v) is 6.07. The van der Waals surface area contributed by atoms with Gasteiger partial charge in [0.25, 0.3) is 11.6 Å². The Bertz CT molecular complexity index is 969. The highest BCUT2D eigenvalue weighted by atomic mass is 16.6. The van der Waals surface area contributed by atoms with Crippen LogP contribution in [0.1, 0.15) is 18.5 Å². The third-order valence-corrected chi connectivity index (χ3v) is 4.31. The molecule has 1 atom stereocenters. The number of rotatable bonds is 5. The molecule has 0 bridgehead atoms. The Morgan fingerprint density at radius 3 is 2.50 bits per heavy atom. The number of nitro groups is 1. The molecule has 3 N–H and O–H groups in total. The van der Waals surface area contributed by atoms with Crippen molar-refractivity contribution >= 4 is 23.3 Å². The smallest absolute Gasteiger partial charge is 0.319 e. The quantitative estimate of drug-likeness (QED) is 0.542. The number of nitrogens with zero attached hydrogens (tertiary/aromatic N) is 1. The number of nitro benzene ring substituents is 1. The summed E-state index contributed by atoms with van der Waals surface area (Å²) >= 11 is 0. The van der Waals surface area contributed by atoms with E-state index in [-0.39, 0.29) is 16.8 Å². The molecule has 0 aliphatic carbocycles. The van der Waals surface area contributed by atoms with Gasteiger partial charge in [0.2, 0.25) is 0 Å². The molecule has 9 heteroatoms. The summed E-state index contributed by atoms with van der Waals surface area (Å²) in [4.78, 5) is 35.8. The van der Waals surface area contributed by atoms with Gasteiger partial charge in [-0.3, -0.25) is 14.9 Å². The van der Waals surface area contributed by atoms with E-state index in [0.717, 1.165) is 0 Å². The summed E-state index contributed by atoms with van der Waals surface area (Å²) in [6.07, 6.45) is 0. The highest BCUT2D eigenvalue weighted by molar-refractivity contribution is 6.07. The SMILES string of the molecule is COc1ccc(NC(=O)C2=C(C)NC(=O)N[C@H]2c2ccccc2[N+](=O)[O-])cc1. The summed E-state index contributed by atoms with van der Waals surface area (Å²) in [6.45, 7) is 1.57. The number of nitrogens with one attached hydrogen (secondary N) is 3. The average Bonchev–Trinajstić information content (AvgIpc) is 2.67. The molecule has 2 aromatic rings. The monoisotopic (exact) mass is 382 g/mol.